The van der Waals surface area contributed by atoms with Crippen LogP contribution in [-0.4, -0.2) is 252 Å². The number of aliphatic hydroxyl groups excluding tert-OH is 6. The van der Waals surface area contributed by atoms with Crippen LogP contribution in [0.2, 0.25) is 0 Å². The fourth-order valence-corrected chi connectivity index (χ4v) is 18.0. The van der Waals surface area contributed by atoms with Crippen LogP contribution in [0.4, 0.5) is 0 Å². The van der Waals surface area contributed by atoms with Crippen molar-refractivity contribution in [1.82, 2.24) is 14.7 Å². The van der Waals surface area contributed by atoms with Crippen molar-refractivity contribution in [2.75, 3.05) is 42.3 Å². The Balaban J connectivity index is 0.000000288. The highest BCUT2D eigenvalue weighted by Gasteiger charge is 2.68. The molecule has 6 unspecified atom stereocenters. The molecule has 0 bridgehead atoms. The summed E-state index contributed by atoms with van der Waals surface area (Å²) < 4.78 is 20.8. The first kappa shape index (κ1) is 88.6. The van der Waals surface area contributed by atoms with E-state index < -0.39 is 188 Å². The van der Waals surface area contributed by atoms with Crippen LogP contribution < -0.4 is 22.7 Å². The first-order chi connectivity index (χ1) is 56.2. The number of aryl methyl sites for hydroxylation is 2. The minimum absolute atomic E-state index is 0. The van der Waals surface area contributed by atoms with Gasteiger partial charge in [0.05, 0.1) is 34.8 Å². The number of Topliss-reactive ketones (excluding diaryl/α,β-unsaturated/α-hetero) is 6. The molecule has 3 saturated carbocycles. The number of aliphatic hydroxyl groups is 9. The number of phenolic OH excluding ortho intramolecular Hbond substituents is 3. The Morgan fingerprint density at radius 1 is 0.504 bits per heavy atom. The van der Waals surface area contributed by atoms with E-state index in [0.29, 0.717) is 35.0 Å². The molecule has 35 heteroatoms. The standard InChI is InChI=1S/C28H28N2O7.C21H21IN2O7.C21H22N2O7.C7H9BO2.C4H4.CH4.B4.2H2/c1-12-4-6-13(7-5-12)15-8-9-18(31)20-16(15)10-14-11-17-22(30(2)3)24(33)21(27(29)36)26(35)28(17,37)25(34)19(14)23(20)32;1-24(2)15-9-6-7-5-8-10(22)3-4-11(25)13(8)16(26)12(7)18(28)21(9,31)19(29)14(17(15)27)20(23)30;1-23(2)15-10-7-9-6-8-4-3-5-11(24)12(8)16(25)13(9)18(27)21(10,30)19(28)14(17(15)26)20(22)29;1-6-2-4-7(5-3-6)8(9)10;1-3-4-2;;1-4(2)3;;/h4-9,14,17,22,31-32,35,37H,10-11H2,1-3H3,(H2,29,36);3-4,7,9,15,25-26,29,31H,5-6H2,1-2H3,(H2,23,30);3-5,9-10,15,24-25,28,30H,6-7H2,1-2H3,(H2,22,29);2-5,9-10H,1H3;1-2H2;1H4;;2*1H/p+1/t14?,17?,22-,28-;7?,9?,15-,21-;9?,10?,15-,21-;;;;;;/m000....../s1/i;;;;;;;2*1+1D. The van der Waals surface area contributed by atoms with Crippen molar-refractivity contribution in [3.05, 3.63) is 214 Å². The summed E-state index contributed by atoms with van der Waals surface area (Å²) in [5, 5.41) is 148. The van der Waals surface area contributed by atoms with Crippen molar-refractivity contribution in [3.63, 3.8) is 0 Å². The minimum atomic E-state index is -2.64. The zero-order chi connectivity index (χ0) is 90.6. The number of nitrogens with zero attached hydrogens (tertiary/aromatic N) is 3. The second kappa shape index (κ2) is 35.2. The van der Waals surface area contributed by atoms with Gasteiger partial charge in [-0.15, -0.1) is 0 Å². The van der Waals surface area contributed by atoms with E-state index in [1.807, 2.05) is 50.2 Å². The summed E-state index contributed by atoms with van der Waals surface area (Å²) in [6.45, 7) is 10.3. The number of amides is 3. The molecule has 3 amide bonds. The lowest BCUT2D eigenvalue weighted by Crippen LogP contribution is -2.65. The fraction of sp³-hybridized carbons (Fsp3) is 0.329. The quantitative estimate of drug-likeness (QED) is 0.0459. The molecule has 610 valence electrons. The monoisotopic (exact) mass is 1720 g/mol. The number of benzene rings is 5. The molecule has 6 radical (unpaired) electrons. The van der Waals surface area contributed by atoms with Crippen LogP contribution >= 0.6 is 22.6 Å². The molecule has 9 aliphatic rings. The van der Waals surface area contributed by atoms with Crippen LogP contribution in [0.3, 0.4) is 0 Å². The number of fused-ring (bicyclic) bond motifs is 9. The lowest BCUT2D eigenvalue weighted by molar-refractivity contribution is -0.155. The van der Waals surface area contributed by atoms with Crippen LogP contribution in [0.25, 0.3) is 28.4 Å². The van der Waals surface area contributed by atoms with Crippen molar-refractivity contribution in [1.29, 1.82) is 0 Å². The summed E-state index contributed by atoms with van der Waals surface area (Å²) in [7, 11) is 22.0. The van der Waals surface area contributed by atoms with E-state index in [-0.39, 0.29) is 85.2 Å². The third kappa shape index (κ3) is 16.1. The van der Waals surface area contributed by atoms with Crippen LogP contribution in [0.1, 0.15) is 78.6 Å². The lowest BCUT2D eigenvalue weighted by atomic mass is 9.08. The summed E-state index contributed by atoms with van der Waals surface area (Å²) in [6, 6.07) is 22.5. The Hall–Kier alpha value is -10.8. The van der Waals surface area contributed by atoms with Gasteiger partial charge in [-0.05, 0) is 206 Å². The number of aromatic hydroxyl groups is 3. The number of halogens is 1. The summed E-state index contributed by atoms with van der Waals surface area (Å²) in [5.41, 5.74) is 16.3. The van der Waals surface area contributed by atoms with Crippen LogP contribution in [0, 0.1) is 52.9 Å². The molecule has 20 N–H and O–H groups in total. The second-order valence-corrected chi connectivity index (χ2v) is 31.3. The first-order valence-corrected chi connectivity index (χ1v) is 37.2. The fourth-order valence-electron chi connectivity index (χ4n) is 17.4. The first-order valence-electron chi connectivity index (χ1n) is 38.1. The summed E-state index contributed by atoms with van der Waals surface area (Å²) in [4.78, 5) is 120. The van der Waals surface area contributed by atoms with E-state index in [4.69, 9.17) is 33.2 Å². The van der Waals surface area contributed by atoms with Gasteiger partial charge in [0, 0.05) is 73.6 Å². The summed E-state index contributed by atoms with van der Waals surface area (Å²) in [6.07, 6.45) is 0.379. The van der Waals surface area contributed by atoms with Gasteiger partial charge in [-0.3, -0.25) is 57.9 Å². The maximum atomic E-state index is 13.9. The molecule has 0 aromatic heterocycles. The smallest absolute Gasteiger partial charge is 0.508 e. The van der Waals surface area contributed by atoms with Crippen LogP contribution in [0.15, 0.2) is 166 Å². The van der Waals surface area contributed by atoms with Gasteiger partial charge in [-0.25, -0.2) is 0 Å². The molecule has 5 aromatic rings. The van der Waals surface area contributed by atoms with Gasteiger partial charge in [0.15, 0.2) is 34.2 Å². The number of nitrogens with two attached hydrogens (primary N) is 3. The van der Waals surface area contributed by atoms with Gasteiger partial charge in [0.25, 0.3) is 17.7 Å². The van der Waals surface area contributed by atoms with E-state index in [0.717, 1.165) is 25.8 Å². The maximum Gasteiger partial charge on any atom is 1.00 e. The Kier molecular flexibility index (Phi) is 26.6. The average molecular weight is 1720 g/mol. The predicted octanol–water partition coefficient (Wildman–Crippen LogP) is 2.98. The zero-order valence-electron chi connectivity index (χ0n) is 69.3. The van der Waals surface area contributed by atoms with Crippen molar-refractivity contribution in [3.8, 4) is 28.4 Å². The Morgan fingerprint density at radius 2 is 0.821 bits per heavy atom. The predicted molar refractivity (Wildman–Crippen MR) is 450 cm³/mol. The Morgan fingerprint density at radius 3 is 1.16 bits per heavy atom. The van der Waals surface area contributed by atoms with E-state index in [1.165, 1.54) is 32.9 Å². The Labute approximate surface area is 699 Å². The highest BCUT2D eigenvalue weighted by Crippen LogP contribution is 2.57. The van der Waals surface area contributed by atoms with E-state index >= 15 is 0 Å². The largest absolute Gasteiger partial charge is 1.00 e. The molecule has 0 saturated heterocycles. The van der Waals surface area contributed by atoms with Gasteiger partial charge in [-0.2, -0.15) is 0 Å². The van der Waals surface area contributed by atoms with E-state index in [2.05, 4.69) is 70.4 Å². The maximum absolute atomic E-state index is 13.9. The van der Waals surface area contributed by atoms with Gasteiger partial charge in [0.1, 0.15) is 68.5 Å². The van der Waals surface area contributed by atoms with Crippen molar-refractivity contribution >= 4 is 134 Å². The third-order valence-corrected chi connectivity index (χ3v) is 23.5. The molecular weight excluding hydrogens is 1620 g/mol. The molecule has 3 fully saturated rings. The normalized spacial score (nSPS) is 25.8. The number of rotatable bonds is 8. The topological polar surface area (TPSA) is 525 Å². The Bertz CT molecular complexity index is 5280. The van der Waals surface area contributed by atoms with Crippen LogP contribution in [-0.2, 0) is 62.4 Å². The molecule has 0 spiro atoms. The highest BCUT2D eigenvalue weighted by molar-refractivity contribution is 14.1. The van der Waals surface area contributed by atoms with Gasteiger partial charge in [-0.1, -0.05) is 96.7 Å². The molecule has 0 heterocycles. The number of ketones is 6. The van der Waals surface area contributed by atoms with Gasteiger partial charge >= 0.3 is 8.55 Å². The molecular formula is C82H93B5IN6O23+. The van der Waals surface area contributed by atoms with E-state index in [9.17, 15) is 104 Å². The second-order valence-electron chi connectivity index (χ2n) is 30.2. The third-order valence-electron chi connectivity index (χ3n) is 22.5. The molecule has 9 aliphatic carbocycles. The molecule has 5 aromatic carbocycles. The number of carbonyl (C=O) groups is 9. The van der Waals surface area contributed by atoms with Crippen LogP contribution in [0.5, 0.6) is 17.2 Å². The lowest BCUT2D eigenvalue weighted by Gasteiger charge is -2.50. The SMILES string of the molecule is C.C=C=C=C.CN(C)[C@@H]1C(=O)C(C(N)=O)=C(O)[C@@]2(O)C(=O)C3=C(O)c4c(O)ccc(I)c4CC3CC12.CN(C)[C@@H]1C(=O)C(C(N)=O)=C(O)[C@@]2(O)C(=O)C3=C(O)c4c(O)cccc4CC3CC12.Cc1ccc(-c2ccc(O)c3c2CC2CC4[C@H](N(C)C)C(=O)C(C(N)=O)=C(O)[C@@]4(O)C(=O)C2=C3O)cc1.Cc1ccc(B(O)O)cc1.[2H][2H].[2H][2H].[B]B([B])[B].[H+]. The van der Waals surface area contributed by atoms with Crippen molar-refractivity contribution in [2.45, 2.75) is 94.7 Å². The molecule has 14 rings (SSSR count). The molecule has 0 aliphatic heterocycles. The van der Waals surface area contributed by atoms with Gasteiger partial charge < -0.3 is 88.5 Å². The highest BCUT2D eigenvalue weighted by atomic mass is 127. The number of primary amides is 3. The van der Waals surface area contributed by atoms with Gasteiger partial charge in [0.2, 0.25) is 17.3 Å². The van der Waals surface area contributed by atoms with Crippen molar-refractivity contribution < 1.29 is 122 Å². The summed E-state index contributed by atoms with van der Waals surface area (Å²) in [5.74, 6) is -19.5. The number of phenols is 3. The molecule has 29 nitrogen and oxygen atoms in total. The van der Waals surface area contributed by atoms with Crippen molar-refractivity contribution in [2.24, 2.45) is 52.7 Å². The number of hydrogen-bond acceptors (Lipinski definition) is 26. The molecule has 117 heavy (non-hydrogen) atoms. The number of likely N-dealkylation sites (N-methyl/N-ethyl adjacent to an activating group) is 3. The molecule has 12 atom stereocenters. The number of hydrogen-bond donors (Lipinski definition) is 17. The number of carbonyl (C=O) groups excluding carboxylic acids is 9. The zero-order valence-corrected chi connectivity index (χ0v) is 66.4. The van der Waals surface area contributed by atoms with E-state index in [1.54, 1.807) is 78.7 Å². The minimum Gasteiger partial charge on any atom is -0.508 e. The summed E-state index contributed by atoms with van der Waals surface area (Å²) >= 11 is 2.07. The average Bonchev–Trinajstić information content (AvgIpc) is 0.710.